The molecule has 29 heavy (non-hydrogen) atoms. The third-order valence-electron chi connectivity index (χ3n) is 4.94. The molecule has 3 heterocycles. The molecule has 1 amide bonds. The zero-order chi connectivity index (χ0) is 20.4. The van der Waals surface area contributed by atoms with Crippen LogP contribution in [0.3, 0.4) is 0 Å². The minimum Gasteiger partial charge on any atom is -0.376 e. The molecule has 9 heteroatoms. The van der Waals surface area contributed by atoms with Gasteiger partial charge in [0, 0.05) is 25.3 Å². The topological polar surface area (TPSA) is 76.1 Å². The third kappa shape index (κ3) is 4.06. The van der Waals surface area contributed by atoms with Crippen molar-refractivity contribution in [3.8, 4) is 0 Å². The Balaban J connectivity index is 1.53. The van der Waals surface area contributed by atoms with Gasteiger partial charge in [0.25, 0.3) is 5.91 Å². The quantitative estimate of drug-likeness (QED) is 0.637. The molecule has 3 aromatic rings. The summed E-state index contributed by atoms with van der Waals surface area (Å²) in [6.45, 7) is 2.99. The molecule has 0 spiro atoms. The van der Waals surface area contributed by atoms with Gasteiger partial charge in [0.15, 0.2) is 0 Å². The number of anilines is 1. The Kier molecular flexibility index (Phi) is 5.68. The number of hydrogen-bond acceptors (Lipinski definition) is 6. The molecule has 0 aliphatic carbocycles. The van der Waals surface area contributed by atoms with Gasteiger partial charge in [-0.15, -0.1) is 11.3 Å². The molecule has 1 atom stereocenters. The Bertz CT molecular complexity index is 1030. The Morgan fingerprint density at radius 1 is 1.31 bits per heavy atom. The van der Waals surface area contributed by atoms with Crippen LogP contribution in [-0.2, 0) is 11.3 Å². The van der Waals surface area contributed by atoms with E-state index < -0.39 is 17.5 Å². The van der Waals surface area contributed by atoms with Crippen LogP contribution in [0.25, 0.3) is 10.2 Å². The van der Waals surface area contributed by atoms with E-state index >= 15 is 0 Å². The number of ether oxygens (including phenoxy) is 1. The average molecular weight is 418 g/mol. The molecule has 0 bridgehead atoms. The van der Waals surface area contributed by atoms with Gasteiger partial charge in [-0.05, 0) is 37.5 Å². The van der Waals surface area contributed by atoms with Crippen LogP contribution < -0.4 is 10.6 Å². The summed E-state index contributed by atoms with van der Waals surface area (Å²) < 4.78 is 33.2. The lowest BCUT2D eigenvalue weighted by Crippen LogP contribution is -2.23. The van der Waals surface area contributed by atoms with Crippen LogP contribution in [0.5, 0.6) is 0 Å². The number of benzene rings is 1. The number of carbonyl (C=O) groups excluding carboxylic acids is 1. The van der Waals surface area contributed by atoms with E-state index in [1.807, 2.05) is 6.92 Å². The van der Waals surface area contributed by atoms with Crippen LogP contribution in [0.1, 0.15) is 33.6 Å². The predicted octanol–water partition coefficient (Wildman–Crippen LogP) is 3.80. The first kappa shape index (κ1) is 19.7. The van der Waals surface area contributed by atoms with E-state index in [0.29, 0.717) is 22.1 Å². The molecule has 152 valence electrons. The number of fused-ring (bicyclic) bond motifs is 1. The van der Waals surface area contributed by atoms with E-state index in [9.17, 15) is 13.6 Å². The van der Waals surface area contributed by atoms with Gasteiger partial charge < -0.3 is 15.4 Å². The maximum atomic E-state index is 13.8. The van der Waals surface area contributed by atoms with E-state index in [4.69, 9.17) is 4.74 Å². The summed E-state index contributed by atoms with van der Waals surface area (Å²) in [5.74, 6) is -1.13. The van der Waals surface area contributed by atoms with Gasteiger partial charge in [-0.1, -0.05) is 6.07 Å². The lowest BCUT2D eigenvalue weighted by atomic mass is 10.1. The maximum absolute atomic E-state index is 13.8. The Morgan fingerprint density at radius 2 is 2.10 bits per heavy atom. The number of rotatable bonds is 6. The van der Waals surface area contributed by atoms with Crippen molar-refractivity contribution in [2.24, 2.45) is 0 Å². The number of aryl methyl sites for hydroxylation is 1. The first-order valence-electron chi connectivity index (χ1n) is 9.35. The highest BCUT2D eigenvalue weighted by molar-refractivity contribution is 7.20. The summed E-state index contributed by atoms with van der Waals surface area (Å²) in [6.07, 6.45) is 3.66. The lowest BCUT2D eigenvalue weighted by molar-refractivity contribution is 0.0954. The summed E-state index contributed by atoms with van der Waals surface area (Å²) in [7, 11) is 0. The zero-order valence-corrected chi connectivity index (χ0v) is 16.6. The summed E-state index contributed by atoms with van der Waals surface area (Å²) in [5.41, 5.74) is 0.560. The molecule has 2 N–H and O–H groups in total. The molecule has 0 radical (unpaired) electrons. The van der Waals surface area contributed by atoms with Crippen LogP contribution in [-0.4, -0.2) is 35.1 Å². The predicted molar refractivity (Wildman–Crippen MR) is 107 cm³/mol. The highest BCUT2D eigenvalue weighted by atomic mass is 32.1. The van der Waals surface area contributed by atoms with E-state index in [1.54, 1.807) is 0 Å². The summed E-state index contributed by atoms with van der Waals surface area (Å²) >= 11 is 1.23. The van der Waals surface area contributed by atoms with Gasteiger partial charge >= 0.3 is 0 Å². The second-order valence-electron chi connectivity index (χ2n) is 6.86. The lowest BCUT2D eigenvalue weighted by Gasteiger charge is -2.12. The van der Waals surface area contributed by atoms with Gasteiger partial charge in [-0.2, -0.15) is 0 Å². The van der Waals surface area contributed by atoms with E-state index in [-0.39, 0.29) is 18.2 Å². The number of thiophene rings is 1. The van der Waals surface area contributed by atoms with Crippen molar-refractivity contribution in [3.63, 3.8) is 0 Å². The van der Waals surface area contributed by atoms with Gasteiger partial charge in [-0.3, -0.25) is 4.79 Å². The fourth-order valence-electron chi connectivity index (χ4n) is 3.39. The van der Waals surface area contributed by atoms with Crippen molar-refractivity contribution < 1.29 is 18.3 Å². The summed E-state index contributed by atoms with van der Waals surface area (Å²) in [6, 6.07) is 3.61. The zero-order valence-electron chi connectivity index (χ0n) is 15.8. The smallest absolute Gasteiger partial charge is 0.261 e. The SMILES string of the molecule is Cc1c(C(=O)NCc2c(F)cccc2F)sc2ncnc(NCC3CCCO3)c12. The fraction of sp³-hybridized carbons (Fsp3) is 0.350. The van der Waals surface area contributed by atoms with E-state index in [2.05, 4.69) is 20.6 Å². The molecule has 4 rings (SSSR count). The minimum absolute atomic E-state index is 0.150. The molecular formula is C20H20F2N4O2S. The molecule has 1 saturated heterocycles. The number of amides is 1. The van der Waals surface area contributed by atoms with Crippen LogP contribution in [0.2, 0.25) is 0 Å². The second kappa shape index (κ2) is 8.38. The molecule has 1 fully saturated rings. The highest BCUT2D eigenvalue weighted by Crippen LogP contribution is 2.33. The largest absolute Gasteiger partial charge is 0.376 e. The first-order chi connectivity index (χ1) is 14.0. The van der Waals surface area contributed by atoms with Crippen molar-refractivity contribution in [2.75, 3.05) is 18.5 Å². The molecule has 1 aliphatic heterocycles. The second-order valence-corrected chi connectivity index (χ2v) is 7.86. The van der Waals surface area contributed by atoms with Crippen LogP contribution >= 0.6 is 11.3 Å². The van der Waals surface area contributed by atoms with Crippen molar-refractivity contribution >= 4 is 33.3 Å². The molecule has 2 aromatic heterocycles. The third-order valence-corrected chi connectivity index (χ3v) is 6.14. The van der Waals surface area contributed by atoms with Crippen LogP contribution in [0.4, 0.5) is 14.6 Å². The Morgan fingerprint density at radius 3 is 2.83 bits per heavy atom. The number of nitrogens with one attached hydrogen (secondary N) is 2. The molecule has 1 unspecified atom stereocenters. The van der Waals surface area contributed by atoms with Gasteiger partial charge in [0.2, 0.25) is 0 Å². The van der Waals surface area contributed by atoms with E-state index in [0.717, 1.165) is 42.5 Å². The Hall–Kier alpha value is -2.65. The normalized spacial score (nSPS) is 16.3. The number of carbonyl (C=O) groups is 1. The molecule has 1 aliphatic rings. The minimum atomic E-state index is -0.690. The Labute approximate surface area is 170 Å². The van der Waals surface area contributed by atoms with Gasteiger partial charge in [0.05, 0.1) is 16.4 Å². The summed E-state index contributed by atoms with van der Waals surface area (Å²) in [5, 5.41) is 6.67. The number of nitrogens with zero attached hydrogens (tertiary/aromatic N) is 2. The number of halogens is 2. The van der Waals surface area contributed by atoms with Crippen LogP contribution in [0, 0.1) is 18.6 Å². The number of hydrogen-bond donors (Lipinski definition) is 2. The maximum Gasteiger partial charge on any atom is 0.261 e. The first-order valence-corrected chi connectivity index (χ1v) is 10.2. The van der Waals surface area contributed by atoms with Crippen LogP contribution in [0.15, 0.2) is 24.5 Å². The van der Waals surface area contributed by atoms with Gasteiger partial charge in [-0.25, -0.2) is 18.7 Å². The fourth-order valence-corrected chi connectivity index (χ4v) is 4.45. The summed E-state index contributed by atoms with van der Waals surface area (Å²) in [4.78, 5) is 22.4. The molecular weight excluding hydrogens is 398 g/mol. The van der Waals surface area contributed by atoms with Crippen molar-refractivity contribution in [2.45, 2.75) is 32.4 Å². The highest BCUT2D eigenvalue weighted by Gasteiger charge is 2.21. The monoisotopic (exact) mass is 418 g/mol. The van der Waals surface area contributed by atoms with E-state index in [1.165, 1.54) is 23.7 Å². The standard InChI is InChI=1S/C20H20F2N4O2S/c1-11-16-18(23-8-12-4-3-7-28-12)25-10-26-20(16)29-17(11)19(27)24-9-13-14(21)5-2-6-15(13)22/h2,5-6,10,12H,3-4,7-9H2,1H3,(H,24,27)(H,23,25,26). The molecule has 6 nitrogen and oxygen atoms in total. The van der Waals surface area contributed by atoms with Gasteiger partial charge in [0.1, 0.15) is 28.6 Å². The van der Waals surface area contributed by atoms with Crippen molar-refractivity contribution in [3.05, 3.63) is 52.2 Å². The average Bonchev–Trinajstić information content (AvgIpc) is 3.34. The van der Waals surface area contributed by atoms with Crippen molar-refractivity contribution in [1.82, 2.24) is 15.3 Å². The van der Waals surface area contributed by atoms with Crippen molar-refractivity contribution in [1.29, 1.82) is 0 Å². The molecule has 1 aromatic carbocycles. The number of aromatic nitrogens is 2. The molecule has 0 saturated carbocycles.